The molecule has 0 amide bonds. The summed E-state index contributed by atoms with van der Waals surface area (Å²) in [6.07, 6.45) is 0. The normalized spacial score (nSPS) is 12.4. The van der Waals surface area contributed by atoms with Gasteiger partial charge in [-0.05, 0) is 19.9 Å². The monoisotopic (exact) mass is 277 g/mol. The Morgan fingerprint density at radius 1 is 1.42 bits per heavy atom. The van der Waals surface area contributed by atoms with Crippen LogP contribution in [0.2, 0.25) is 0 Å². The summed E-state index contributed by atoms with van der Waals surface area (Å²) in [6, 6.07) is 7.97. The van der Waals surface area contributed by atoms with Crippen molar-refractivity contribution in [2.45, 2.75) is 24.3 Å². The lowest BCUT2D eigenvalue weighted by atomic mass is 10.1. The zero-order valence-electron chi connectivity index (χ0n) is 11.0. The van der Waals surface area contributed by atoms with Crippen molar-refractivity contribution in [1.29, 1.82) is 0 Å². The first-order valence-electron chi connectivity index (χ1n) is 5.85. The summed E-state index contributed by atoms with van der Waals surface area (Å²) in [5.74, 6) is -0.117. The van der Waals surface area contributed by atoms with Crippen molar-refractivity contribution in [2.24, 2.45) is 7.05 Å². The van der Waals surface area contributed by atoms with Crippen molar-refractivity contribution < 1.29 is 9.90 Å². The molecule has 1 aromatic heterocycles. The number of benzene rings is 1. The van der Waals surface area contributed by atoms with E-state index in [-0.39, 0.29) is 0 Å². The van der Waals surface area contributed by atoms with Gasteiger partial charge in [-0.25, -0.2) is 0 Å². The summed E-state index contributed by atoms with van der Waals surface area (Å²) in [5, 5.41) is 17.2. The molecule has 0 aliphatic carbocycles. The van der Waals surface area contributed by atoms with Crippen LogP contribution in [-0.2, 0) is 11.8 Å². The quantitative estimate of drug-likeness (QED) is 0.869. The van der Waals surface area contributed by atoms with Crippen LogP contribution in [0.25, 0.3) is 11.4 Å². The van der Waals surface area contributed by atoms with Gasteiger partial charge in [-0.15, -0.1) is 10.2 Å². The van der Waals surface area contributed by atoms with Gasteiger partial charge in [0.15, 0.2) is 11.0 Å². The van der Waals surface area contributed by atoms with Crippen molar-refractivity contribution in [3.05, 3.63) is 29.8 Å². The number of aryl methyl sites for hydroxylation is 1. The van der Waals surface area contributed by atoms with Gasteiger partial charge in [0.25, 0.3) is 0 Å². The average Bonchev–Trinajstić information content (AvgIpc) is 2.71. The molecule has 2 aromatic rings. The number of thioether (sulfide) groups is 1. The fourth-order valence-corrected chi connectivity index (χ4v) is 2.41. The molecule has 0 fully saturated rings. The molecule has 6 heteroatoms. The Labute approximate surface area is 115 Å². The molecule has 2 rings (SSSR count). The van der Waals surface area contributed by atoms with Gasteiger partial charge in [0.1, 0.15) is 5.25 Å². The zero-order chi connectivity index (χ0) is 14.0. The predicted molar refractivity (Wildman–Crippen MR) is 74.1 cm³/mol. The molecule has 1 heterocycles. The van der Waals surface area contributed by atoms with E-state index in [1.807, 2.05) is 42.8 Å². The minimum absolute atomic E-state index is 0.548. The summed E-state index contributed by atoms with van der Waals surface area (Å²) in [7, 11) is 1.84. The van der Waals surface area contributed by atoms with Crippen LogP contribution in [0.1, 0.15) is 12.5 Å². The molecule has 1 unspecified atom stereocenters. The van der Waals surface area contributed by atoms with Crippen LogP contribution < -0.4 is 0 Å². The maximum absolute atomic E-state index is 10.9. The predicted octanol–water partition coefficient (Wildman–Crippen LogP) is 2.36. The van der Waals surface area contributed by atoms with E-state index in [4.69, 9.17) is 5.11 Å². The van der Waals surface area contributed by atoms with E-state index in [2.05, 4.69) is 10.2 Å². The molecule has 100 valence electrons. The lowest BCUT2D eigenvalue weighted by molar-refractivity contribution is -0.136. The second-order valence-corrected chi connectivity index (χ2v) is 5.64. The number of nitrogens with zero attached hydrogens (tertiary/aromatic N) is 3. The lowest BCUT2D eigenvalue weighted by Gasteiger charge is -2.06. The third-order valence-corrected chi connectivity index (χ3v) is 3.86. The standard InChI is InChI=1S/C13H15N3O2S/c1-8-5-4-6-10(7-8)11-14-15-13(16(11)3)19-9(2)12(17)18/h4-7,9H,1-3H3,(H,17,18). The average molecular weight is 277 g/mol. The molecular formula is C13H15N3O2S. The lowest BCUT2D eigenvalue weighted by Crippen LogP contribution is -2.12. The summed E-state index contributed by atoms with van der Waals surface area (Å²) in [5.41, 5.74) is 2.12. The van der Waals surface area contributed by atoms with Crippen LogP contribution in [0.3, 0.4) is 0 Å². The topological polar surface area (TPSA) is 68.0 Å². The minimum Gasteiger partial charge on any atom is -0.480 e. The Morgan fingerprint density at radius 2 is 2.16 bits per heavy atom. The summed E-state index contributed by atoms with van der Waals surface area (Å²) >= 11 is 1.19. The van der Waals surface area contributed by atoms with Crippen LogP contribution >= 0.6 is 11.8 Å². The number of aliphatic carboxylic acids is 1. The Hall–Kier alpha value is -1.82. The Balaban J connectivity index is 2.30. The first-order chi connectivity index (χ1) is 8.99. The molecule has 0 saturated carbocycles. The van der Waals surface area contributed by atoms with Gasteiger partial charge >= 0.3 is 5.97 Å². The number of aromatic nitrogens is 3. The maximum Gasteiger partial charge on any atom is 0.316 e. The molecule has 0 aliphatic rings. The Kier molecular flexibility index (Phi) is 3.90. The molecule has 0 bridgehead atoms. The molecule has 0 spiro atoms. The van der Waals surface area contributed by atoms with Gasteiger partial charge in [-0.2, -0.15) is 0 Å². The SMILES string of the molecule is Cc1cccc(-c2nnc(SC(C)C(=O)O)n2C)c1. The third-order valence-electron chi connectivity index (χ3n) is 2.74. The maximum atomic E-state index is 10.9. The van der Waals surface area contributed by atoms with Crippen LogP contribution in [0.5, 0.6) is 0 Å². The summed E-state index contributed by atoms with van der Waals surface area (Å²) < 4.78 is 1.82. The number of hydrogen-bond acceptors (Lipinski definition) is 4. The van der Waals surface area contributed by atoms with Crippen molar-refractivity contribution in [2.75, 3.05) is 0 Å². The number of carbonyl (C=O) groups is 1. The number of carboxylic acid groups (broad SMARTS) is 1. The molecule has 5 nitrogen and oxygen atoms in total. The highest BCUT2D eigenvalue weighted by molar-refractivity contribution is 8.00. The molecular weight excluding hydrogens is 262 g/mol. The van der Waals surface area contributed by atoms with Gasteiger partial charge < -0.3 is 9.67 Å². The molecule has 0 radical (unpaired) electrons. The van der Waals surface area contributed by atoms with Gasteiger partial charge in [-0.3, -0.25) is 4.79 Å². The van der Waals surface area contributed by atoms with E-state index in [0.29, 0.717) is 5.16 Å². The van der Waals surface area contributed by atoms with E-state index < -0.39 is 11.2 Å². The van der Waals surface area contributed by atoms with Gasteiger partial charge in [0.05, 0.1) is 0 Å². The Morgan fingerprint density at radius 3 is 2.79 bits per heavy atom. The van der Waals surface area contributed by atoms with Gasteiger partial charge in [0, 0.05) is 12.6 Å². The van der Waals surface area contributed by atoms with Crippen molar-refractivity contribution in [1.82, 2.24) is 14.8 Å². The van der Waals surface area contributed by atoms with E-state index in [1.54, 1.807) is 6.92 Å². The molecule has 1 N–H and O–H groups in total. The second-order valence-electron chi connectivity index (χ2n) is 4.33. The summed E-state index contributed by atoms with van der Waals surface area (Å²) in [4.78, 5) is 10.9. The van der Waals surface area contributed by atoms with E-state index in [1.165, 1.54) is 11.8 Å². The van der Waals surface area contributed by atoms with Crippen LogP contribution in [0.15, 0.2) is 29.4 Å². The highest BCUT2D eigenvalue weighted by Gasteiger charge is 2.18. The highest BCUT2D eigenvalue weighted by atomic mass is 32.2. The minimum atomic E-state index is -0.856. The van der Waals surface area contributed by atoms with Crippen molar-refractivity contribution in [3.8, 4) is 11.4 Å². The van der Waals surface area contributed by atoms with E-state index in [0.717, 1.165) is 17.0 Å². The van der Waals surface area contributed by atoms with Gasteiger partial charge in [0.2, 0.25) is 0 Å². The number of hydrogen-bond donors (Lipinski definition) is 1. The fourth-order valence-electron chi connectivity index (χ4n) is 1.66. The molecule has 1 atom stereocenters. The third kappa shape index (κ3) is 2.96. The van der Waals surface area contributed by atoms with Crippen molar-refractivity contribution >= 4 is 17.7 Å². The van der Waals surface area contributed by atoms with Gasteiger partial charge in [-0.1, -0.05) is 35.5 Å². The van der Waals surface area contributed by atoms with E-state index >= 15 is 0 Å². The first kappa shape index (κ1) is 13.6. The summed E-state index contributed by atoms with van der Waals surface area (Å²) in [6.45, 7) is 3.65. The van der Waals surface area contributed by atoms with Crippen molar-refractivity contribution in [3.63, 3.8) is 0 Å². The molecule has 19 heavy (non-hydrogen) atoms. The fraction of sp³-hybridized carbons (Fsp3) is 0.308. The van der Waals surface area contributed by atoms with Crippen LogP contribution in [-0.4, -0.2) is 31.1 Å². The van der Waals surface area contributed by atoms with Crippen LogP contribution in [0.4, 0.5) is 0 Å². The van der Waals surface area contributed by atoms with E-state index in [9.17, 15) is 4.79 Å². The molecule has 0 aliphatic heterocycles. The smallest absolute Gasteiger partial charge is 0.316 e. The molecule has 1 aromatic carbocycles. The highest BCUT2D eigenvalue weighted by Crippen LogP contribution is 2.25. The zero-order valence-corrected chi connectivity index (χ0v) is 11.8. The van der Waals surface area contributed by atoms with Crippen LogP contribution in [0, 0.1) is 6.92 Å². The number of rotatable bonds is 4. The Bertz CT molecular complexity index is 610. The second kappa shape index (κ2) is 5.44. The number of carboxylic acids is 1. The molecule has 0 saturated heterocycles. The largest absolute Gasteiger partial charge is 0.480 e. The first-order valence-corrected chi connectivity index (χ1v) is 6.73.